The number of hydrogen-bond acceptors (Lipinski definition) is 6. The van der Waals surface area contributed by atoms with Crippen LogP contribution in [0.5, 0.6) is 0 Å². The van der Waals surface area contributed by atoms with Gasteiger partial charge < -0.3 is 0 Å². The molecule has 1 saturated heterocycles. The molecule has 90 valence electrons. The highest BCUT2D eigenvalue weighted by atomic mass is 32.2. The van der Waals surface area contributed by atoms with Crippen molar-refractivity contribution in [1.82, 2.24) is 4.67 Å². The van der Waals surface area contributed by atoms with Crippen LogP contribution in [0.2, 0.25) is 0 Å². The minimum atomic E-state index is -3.32. The van der Waals surface area contributed by atoms with Gasteiger partial charge in [-0.15, -0.1) is 4.99 Å². The molecule has 1 rings (SSSR count). The van der Waals surface area contributed by atoms with Gasteiger partial charge in [-0.05, 0) is 13.8 Å². The third kappa shape index (κ3) is 2.98. The monoisotopic (exact) mass is 263 g/mol. The summed E-state index contributed by atoms with van der Waals surface area (Å²) in [5.74, 6) is 0.727. The van der Waals surface area contributed by atoms with Crippen molar-refractivity contribution in [1.29, 1.82) is 5.26 Å². The van der Waals surface area contributed by atoms with Crippen molar-refractivity contribution in [3.63, 3.8) is 0 Å². The van der Waals surface area contributed by atoms with Crippen LogP contribution < -0.4 is 0 Å². The molecule has 0 aliphatic carbocycles. The van der Waals surface area contributed by atoms with Crippen molar-refractivity contribution in [3.8, 4) is 6.19 Å². The minimum absolute atomic E-state index is 0.290. The smallest absolute Gasteiger partial charge is 0.292 e. The molecule has 0 saturated carbocycles. The average molecular weight is 263 g/mol. The summed E-state index contributed by atoms with van der Waals surface area (Å²) in [6.45, 7) is 4.59. The molecule has 0 radical (unpaired) electrons. The summed E-state index contributed by atoms with van der Waals surface area (Å²) in [4.78, 5) is 3.61. The van der Waals surface area contributed by atoms with Crippen LogP contribution in [0.3, 0.4) is 0 Å². The second-order valence-corrected chi connectivity index (χ2v) is 5.77. The second-order valence-electron chi connectivity index (χ2n) is 2.77. The van der Waals surface area contributed by atoms with Gasteiger partial charge in [0.15, 0.2) is 5.17 Å². The molecule has 1 aliphatic rings. The number of amidine groups is 1. The number of thioether (sulfide) groups is 1. The first-order chi connectivity index (χ1) is 7.68. The number of rotatable bonds is 5. The molecular weight excluding hydrogens is 249 g/mol. The molecule has 0 spiro atoms. The average Bonchev–Trinajstić information content (AvgIpc) is 2.68. The SMILES string of the molecule is CCOP(=O)(OCC)N1CCSC1=NC#N. The van der Waals surface area contributed by atoms with E-state index in [1.807, 2.05) is 0 Å². The highest BCUT2D eigenvalue weighted by Gasteiger charge is 2.39. The Balaban J connectivity index is 2.90. The van der Waals surface area contributed by atoms with Crippen LogP contribution in [0.4, 0.5) is 0 Å². The molecule has 6 nitrogen and oxygen atoms in total. The van der Waals surface area contributed by atoms with Crippen molar-refractivity contribution < 1.29 is 13.6 Å². The Labute approximate surface area is 99.2 Å². The standard InChI is InChI=1S/C8H14N3O3PS/c1-3-13-15(12,14-4-2)11-5-6-16-8(11)10-7-9/h3-6H2,1-2H3. The Morgan fingerprint density at radius 3 is 2.69 bits per heavy atom. The lowest BCUT2D eigenvalue weighted by Crippen LogP contribution is -2.24. The molecule has 16 heavy (non-hydrogen) atoms. The zero-order valence-electron chi connectivity index (χ0n) is 9.25. The Bertz CT molecular complexity index is 345. The zero-order chi connectivity index (χ0) is 12.0. The molecular formula is C8H14N3O3PS. The molecule has 1 heterocycles. The summed E-state index contributed by atoms with van der Waals surface area (Å²) < 4.78 is 24.2. The van der Waals surface area contributed by atoms with E-state index in [0.717, 1.165) is 5.75 Å². The number of nitrogens with zero attached hydrogens (tertiary/aromatic N) is 3. The number of aliphatic imine (C=N–C) groups is 1. The summed E-state index contributed by atoms with van der Waals surface area (Å²) in [7, 11) is -3.32. The predicted octanol–water partition coefficient (Wildman–Crippen LogP) is 2.05. The molecule has 0 aromatic heterocycles. The topological polar surface area (TPSA) is 74.9 Å². The van der Waals surface area contributed by atoms with Gasteiger partial charge in [-0.2, -0.15) is 5.26 Å². The zero-order valence-corrected chi connectivity index (χ0v) is 11.0. The number of hydrogen-bond donors (Lipinski definition) is 0. The molecule has 1 fully saturated rings. The fourth-order valence-electron chi connectivity index (χ4n) is 1.26. The van der Waals surface area contributed by atoms with E-state index < -0.39 is 7.75 Å². The van der Waals surface area contributed by atoms with E-state index in [0.29, 0.717) is 11.7 Å². The third-order valence-electron chi connectivity index (χ3n) is 1.78. The summed E-state index contributed by atoms with van der Waals surface area (Å²) in [6.07, 6.45) is 1.69. The Kier molecular flexibility index (Phi) is 5.29. The van der Waals surface area contributed by atoms with Crippen LogP contribution in [0.1, 0.15) is 13.8 Å². The summed E-state index contributed by atoms with van der Waals surface area (Å²) >= 11 is 1.37. The largest absolute Gasteiger partial charge is 0.436 e. The van der Waals surface area contributed by atoms with Crippen LogP contribution in [0, 0.1) is 11.5 Å². The van der Waals surface area contributed by atoms with Crippen molar-refractivity contribution in [2.75, 3.05) is 25.5 Å². The van der Waals surface area contributed by atoms with Gasteiger partial charge in [0.25, 0.3) is 0 Å². The lowest BCUT2D eigenvalue weighted by Gasteiger charge is -2.26. The van der Waals surface area contributed by atoms with Crippen LogP contribution >= 0.6 is 19.5 Å². The molecule has 0 unspecified atom stereocenters. The molecule has 0 aromatic carbocycles. The highest BCUT2D eigenvalue weighted by molar-refractivity contribution is 8.14. The normalized spacial score (nSPS) is 19.1. The van der Waals surface area contributed by atoms with Crippen LogP contribution in [-0.4, -0.2) is 35.3 Å². The van der Waals surface area contributed by atoms with Crippen molar-refractivity contribution in [2.24, 2.45) is 4.99 Å². The summed E-state index contributed by atoms with van der Waals surface area (Å²) in [5.41, 5.74) is 0. The number of nitriles is 1. The lowest BCUT2D eigenvalue weighted by molar-refractivity contribution is 0.191. The van der Waals surface area contributed by atoms with Gasteiger partial charge in [0.1, 0.15) is 0 Å². The van der Waals surface area contributed by atoms with Gasteiger partial charge in [-0.3, -0.25) is 13.7 Å². The lowest BCUT2D eigenvalue weighted by atomic mass is 10.8. The summed E-state index contributed by atoms with van der Waals surface area (Å²) in [6, 6.07) is 0. The first-order valence-corrected chi connectivity index (χ1v) is 7.42. The van der Waals surface area contributed by atoms with Gasteiger partial charge in [0.2, 0.25) is 6.19 Å². The predicted molar refractivity (Wildman–Crippen MR) is 63.1 cm³/mol. The quantitative estimate of drug-likeness (QED) is 0.558. The van der Waals surface area contributed by atoms with Gasteiger partial charge in [-0.1, -0.05) is 11.8 Å². The van der Waals surface area contributed by atoms with Gasteiger partial charge >= 0.3 is 7.75 Å². The van der Waals surface area contributed by atoms with Crippen molar-refractivity contribution in [2.45, 2.75) is 13.8 Å². The van der Waals surface area contributed by atoms with Crippen LogP contribution in [0.25, 0.3) is 0 Å². The molecule has 8 heteroatoms. The molecule has 0 aromatic rings. The van der Waals surface area contributed by atoms with E-state index in [1.165, 1.54) is 16.4 Å². The van der Waals surface area contributed by atoms with E-state index in [-0.39, 0.29) is 13.2 Å². The first-order valence-electron chi connectivity index (χ1n) is 4.94. The minimum Gasteiger partial charge on any atom is -0.292 e. The first kappa shape index (κ1) is 13.5. The van der Waals surface area contributed by atoms with Crippen LogP contribution in [-0.2, 0) is 13.6 Å². The van der Waals surface area contributed by atoms with E-state index in [4.69, 9.17) is 14.3 Å². The molecule has 0 atom stereocenters. The Hall–Kier alpha value is -0.540. The second kappa shape index (κ2) is 6.26. The summed E-state index contributed by atoms with van der Waals surface area (Å²) in [5, 5.41) is 8.93. The van der Waals surface area contributed by atoms with Gasteiger partial charge in [0.05, 0.1) is 13.2 Å². The van der Waals surface area contributed by atoms with E-state index in [2.05, 4.69) is 4.99 Å². The van der Waals surface area contributed by atoms with Gasteiger partial charge in [-0.25, -0.2) is 4.57 Å². The Morgan fingerprint density at radius 2 is 2.19 bits per heavy atom. The maximum Gasteiger partial charge on any atom is 0.436 e. The van der Waals surface area contributed by atoms with Crippen molar-refractivity contribution >= 4 is 24.7 Å². The van der Waals surface area contributed by atoms with E-state index >= 15 is 0 Å². The third-order valence-corrected chi connectivity index (χ3v) is 5.02. The molecule has 1 aliphatic heterocycles. The maximum absolute atomic E-state index is 12.4. The van der Waals surface area contributed by atoms with E-state index in [9.17, 15) is 4.57 Å². The Morgan fingerprint density at radius 1 is 1.56 bits per heavy atom. The maximum atomic E-state index is 12.4. The highest BCUT2D eigenvalue weighted by Crippen LogP contribution is 2.54. The fourth-order valence-corrected chi connectivity index (χ4v) is 4.27. The van der Waals surface area contributed by atoms with Gasteiger partial charge in [0, 0.05) is 12.3 Å². The molecule has 0 amide bonds. The fraction of sp³-hybridized carbons (Fsp3) is 0.750. The van der Waals surface area contributed by atoms with E-state index in [1.54, 1.807) is 20.0 Å². The molecule has 0 N–H and O–H groups in total. The molecule has 0 bridgehead atoms. The van der Waals surface area contributed by atoms with Crippen LogP contribution in [0.15, 0.2) is 4.99 Å². The van der Waals surface area contributed by atoms with Crippen molar-refractivity contribution in [3.05, 3.63) is 0 Å².